The van der Waals surface area contributed by atoms with Crippen molar-refractivity contribution in [2.75, 3.05) is 19.5 Å². The van der Waals surface area contributed by atoms with Gasteiger partial charge in [0, 0.05) is 10.9 Å². The predicted molar refractivity (Wildman–Crippen MR) is 142 cm³/mol. The van der Waals surface area contributed by atoms with Gasteiger partial charge >= 0.3 is 13.7 Å². The molecular weight excluding hydrogens is 535 g/mol. The summed E-state index contributed by atoms with van der Waals surface area (Å²) in [4.78, 5) is 25.1. The lowest BCUT2D eigenvalue weighted by Crippen LogP contribution is -2.36. The number of nitrogens with two attached hydrogens (primary N) is 1. The van der Waals surface area contributed by atoms with Crippen LogP contribution in [0, 0.1) is 5.92 Å². The Morgan fingerprint density at radius 1 is 1.24 bits per heavy atom. The highest BCUT2D eigenvalue weighted by Crippen LogP contribution is 2.46. The first-order valence-electron chi connectivity index (χ1n) is 12.0. The zero-order chi connectivity index (χ0) is 27.4. The van der Waals surface area contributed by atoms with E-state index in [1.54, 1.807) is 44.4 Å². The zero-order valence-electron chi connectivity index (χ0n) is 21.4. The van der Waals surface area contributed by atoms with Gasteiger partial charge in [0.15, 0.2) is 11.2 Å². The van der Waals surface area contributed by atoms with Crippen molar-refractivity contribution >= 4 is 42.4 Å². The van der Waals surface area contributed by atoms with Gasteiger partial charge < -0.3 is 24.3 Å². The van der Waals surface area contributed by atoms with Crippen LogP contribution in [0.15, 0.2) is 42.7 Å². The molecule has 1 unspecified atom stereocenters. The number of halogens is 1. The van der Waals surface area contributed by atoms with E-state index in [2.05, 4.69) is 20.0 Å². The first-order valence-corrected chi connectivity index (χ1v) is 13.9. The van der Waals surface area contributed by atoms with E-state index in [-0.39, 0.29) is 36.4 Å². The molecule has 0 aliphatic heterocycles. The van der Waals surface area contributed by atoms with E-state index in [9.17, 15) is 9.36 Å². The first kappa shape index (κ1) is 27.8. The van der Waals surface area contributed by atoms with Crippen LogP contribution in [0.4, 0.5) is 5.95 Å². The second-order valence-corrected chi connectivity index (χ2v) is 11.2. The number of carbonyl (C=O) groups is 1. The number of nitrogen functional groups attached to an aromatic ring is 1. The molecule has 3 N–H and O–H groups in total. The molecular formula is C24H30ClN6O6P. The number of carbonyl (C=O) groups excluding carboxylic acids is 1. The van der Waals surface area contributed by atoms with Crippen LogP contribution in [-0.2, 0) is 18.6 Å². The molecule has 4 atom stereocenters. The van der Waals surface area contributed by atoms with Crippen molar-refractivity contribution < 1.29 is 27.9 Å². The van der Waals surface area contributed by atoms with E-state index >= 15 is 0 Å². The van der Waals surface area contributed by atoms with Crippen LogP contribution in [0.25, 0.3) is 11.2 Å². The molecule has 4 rings (SSSR count). The Kier molecular flexibility index (Phi) is 8.57. The van der Waals surface area contributed by atoms with Crippen molar-refractivity contribution in [2.45, 2.75) is 45.4 Å². The van der Waals surface area contributed by atoms with E-state index in [0.717, 1.165) is 0 Å². The number of nitrogens with one attached hydrogen (secondary N) is 1. The summed E-state index contributed by atoms with van der Waals surface area (Å²) >= 11 is 5.95. The van der Waals surface area contributed by atoms with Gasteiger partial charge in [-0.1, -0.05) is 23.8 Å². The molecule has 0 fully saturated rings. The van der Waals surface area contributed by atoms with Gasteiger partial charge in [0.05, 0.1) is 32.2 Å². The fraction of sp³-hybridized carbons (Fsp3) is 0.417. The van der Waals surface area contributed by atoms with E-state index in [0.29, 0.717) is 28.5 Å². The number of fused-ring (bicyclic) bond motifs is 1. The lowest BCUT2D eigenvalue weighted by molar-refractivity contribution is -0.149. The van der Waals surface area contributed by atoms with Crippen molar-refractivity contribution in [2.24, 2.45) is 5.92 Å². The Morgan fingerprint density at radius 2 is 1.97 bits per heavy atom. The number of nitrogens with zero attached hydrogens (tertiary/aromatic N) is 4. The number of methoxy groups -OCH3 is 1. The summed E-state index contributed by atoms with van der Waals surface area (Å²) in [5.74, 6) is -0.0435. The number of aromatic nitrogens is 4. The average Bonchev–Trinajstić information content (AvgIpc) is 3.50. The van der Waals surface area contributed by atoms with Gasteiger partial charge in [0.25, 0.3) is 0 Å². The molecule has 204 valence electrons. The van der Waals surface area contributed by atoms with Gasteiger partial charge in [-0.3, -0.25) is 9.32 Å². The minimum absolute atomic E-state index is 0.0594. The van der Waals surface area contributed by atoms with E-state index in [1.807, 2.05) is 16.7 Å². The van der Waals surface area contributed by atoms with Crippen LogP contribution in [-0.4, -0.2) is 51.4 Å². The van der Waals surface area contributed by atoms with Gasteiger partial charge in [0.2, 0.25) is 11.8 Å². The van der Waals surface area contributed by atoms with Crippen molar-refractivity contribution in [1.82, 2.24) is 24.6 Å². The second kappa shape index (κ2) is 11.7. The largest absolute Gasteiger partial charge is 0.479 e. The SMILES string of the molecule is COc1nc(N)nc2c1ncn2[C@H]1C=C[C@@H](COP(=O)(N[C@@H](C)C(=O)OC(C)C)Oc2ccc(Cl)cc2)C1. The highest BCUT2D eigenvalue weighted by molar-refractivity contribution is 7.52. The lowest BCUT2D eigenvalue weighted by atomic mass is 10.1. The minimum atomic E-state index is -4.00. The maximum Gasteiger partial charge on any atom is 0.459 e. The summed E-state index contributed by atoms with van der Waals surface area (Å²) < 4.78 is 37.6. The standard InChI is InChI=1S/C24H30ClN6O6P/c1-14(2)36-23(32)15(3)30-38(33,37-19-9-6-17(25)7-10-19)35-12-16-5-8-18(11-16)31-13-27-20-21(31)28-24(26)29-22(20)34-4/h5-10,13-16,18H,11-12H2,1-4H3,(H,30,33)(H2,26,28,29)/t15-,16+,18-,38?/m0/s1. The summed E-state index contributed by atoms with van der Waals surface area (Å²) in [6.45, 7) is 5.05. The Hall–Kier alpha value is -3.18. The number of anilines is 1. The molecule has 38 heavy (non-hydrogen) atoms. The first-order chi connectivity index (χ1) is 18.1. The summed E-state index contributed by atoms with van der Waals surface area (Å²) in [6, 6.07) is 5.28. The second-order valence-electron chi connectivity index (χ2n) is 9.04. The number of benzene rings is 1. The number of hydrogen-bond donors (Lipinski definition) is 2. The highest BCUT2D eigenvalue weighted by Gasteiger charge is 2.34. The molecule has 1 aromatic carbocycles. The van der Waals surface area contributed by atoms with Crippen LogP contribution >= 0.6 is 19.3 Å². The van der Waals surface area contributed by atoms with Crippen LogP contribution < -0.4 is 20.1 Å². The molecule has 0 amide bonds. The molecule has 0 spiro atoms. The number of imidazole rings is 1. The van der Waals surface area contributed by atoms with E-state index < -0.39 is 19.8 Å². The number of ether oxygens (including phenoxy) is 2. The summed E-state index contributed by atoms with van der Waals surface area (Å²) in [5.41, 5.74) is 6.88. The van der Waals surface area contributed by atoms with Crippen LogP contribution in [0.3, 0.4) is 0 Å². The normalized spacial score (nSPS) is 19.4. The Bertz CT molecular complexity index is 1360. The van der Waals surface area contributed by atoms with Gasteiger partial charge in [-0.2, -0.15) is 15.1 Å². The molecule has 3 aromatic rings. The van der Waals surface area contributed by atoms with Crippen LogP contribution in [0.5, 0.6) is 11.6 Å². The monoisotopic (exact) mass is 564 g/mol. The van der Waals surface area contributed by atoms with Crippen molar-refractivity contribution in [3.63, 3.8) is 0 Å². The third-order valence-electron chi connectivity index (χ3n) is 5.66. The van der Waals surface area contributed by atoms with Gasteiger partial charge in [-0.05, 0) is 51.5 Å². The van der Waals surface area contributed by atoms with Gasteiger partial charge in [0.1, 0.15) is 11.8 Å². The topological polar surface area (TPSA) is 153 Å². The molecule has 2 heterocycles. The smallest absolute Gasteiger partial charge is 0.459 e. The molecule has 1 aliphatic carbocycles. The summed E-state index contributed by atoms with van der Waals surface area (Å²) in [6.07, 6.45) is 5.88. The number of allylic oxidation sites excluding steroid dienone is 1. The number of hydrogen-bond acceptors (Lipinski definition) is 10. The van der Waals surface area contributed by atoms with E-state index in [4.69, 9.17) is 35.9 Å². The minimum Gasteiger partial charge on any atom is -0.479 e. The molecule has 1 aliphatic rings. The van der Waals surface area contributed by atoms with E-state index in [1.165, 1.54) is 14.0 Å². The molecule has 0 radical (unpaired) electrons. The van der Waals surface area contributed by atoms with Crippen molar-refractivity contribution in [1.29, 1.82) is 0 Å². The third kappa shape index (κ3) is 6.63. The predicted octanol–water partition coefficient (Wildman–Crippen LogP) is 4.32. The van der Waals surface area contributed by atoms with Crippen LogP contribution in [0.2, 0.25) is 5.02 Å². The quantitative estimate of drug-likeness (QED) is 0.194. The molecule has 12 nitrogen and oxygen atoms in total. The Labute approximate surface area is 225 Å². The third-order valence-corrected chi connectivity index (χ3v) is 7.56. The molecule has 0 saturated carbocycles. The molecule has 14 heteroatoms. The molecule has 0 saturated heterocycles. The Morgan fingerprint density at radius 3 is 2.66 bits per heavy atom. The number of rotatable bonds is 11. The van der Waals surface area contributed by atoms with Gasteiger partial charge in [-0.15, -0.1) is 0 Å². The summed E-state index contributed by atoms with van der Waals surface area (Å²) in [5, 5.41) is 3.18. The average molecular weight is 565 g/mol. The number of esters is 1. The Balaban J connectivity index is 1.46. The lowest BCUT2D eigenvalue weighted by Gasteiger charge is -2.24. The van der Waals surface area contributed by atoms with Crippen LogP contribution in [0.1, 0.15) is 33.2 Å². The highest BCUT2D eigenvalue weighted by atomic mass is 35.5. The van der Waals surface area contributed by atoms with Crippen molar-refractivity contribution in [3.05, 3.63) is 47.8 Å². The fourth-order valence-electron chi connectivity index (χ4n) is 3.92. The zero-order valence-corrected chi connectivity index (χ0v) is 23.1. The van der Waals surface area contributed by atoms with Crippen molar-refractivity contribution in [3.8, 4) is 11.6 Å². The molecule has 2 aromatic heterocycles. The fourth-order valence-corrected chi connectivity index (χ4v) is 5.59. The molecule has 0 bridgehead atoms. The summed E-state index contributed by atoms with van der Waals surface area (Å²) in [7, 11) is -2.51. The maximum atomic E-state index is 13.7. The van der Waals surface area contributed by atoms with Gasteiger partial charge in [-0.25, -0.2) is 9.55 Å². The maximum absolute atomic E-state index is 13.7.